The van der Waals surface area contributed by atoms with Crippen LogP contribution in [0.3, 0.4) is 0 Å². The van der Waals surface area contributed by atoms with Crippen molar-refractivity contribution < 1.29 is 14.0 Å². The van der Waals surface area contributed by atoms with Crippen molar-refractivity contribution in [2.24, 2.45) is 5.92 Å². The maximum Gasteiger partial charge on any atom is 0.250 e. The van der Waals surface area contributed by atoms with Gasteiger partial charge in [0.1, 0.15) is 22.9 Å². The van der Waals surface area contributed by atoms with Crippen LogP contribution in [0.4, 0.5) is 0 Å². The summed E-state index contributed by atoms with van der Waals surface area (Å²) in [5.74, 6) is 2.73. The van der Waals surface area contributed by atoms with Crippen molar-refractivity contribution in [2.75, 3.05) is 0 Å². The van der Waals surface area contributed by atoms with Gasteiger partial charge in [-0.05, 0) is 62.5 Å². The van der Waals surface area contributed by atoms with Crippen LogP contribution in [0.1, 0.15) is 111 Å². The van der Waals surface area contributed by atoms with E-state index in [0.29, 0.717) is 24.5 Å². The van der Waals surface area contributed by atoms with Gasteiger partial charge in [-0.25, -0.2) is 0 Å². The van der Waals surface area contributed by atoms with E-state index >= 15 is 0 Å². The van der Waals surface area contributed by atoms with E-state index in [0.717, 1.165) is 29.9 Å². The number of unbranched alkanes of at least 4 members (excludes halogenated alkanes) is 2. The first kappa shape index (κ1) is 27.0. The number of benzene rings is 1. The third-order valence-corrected chi connectivity index (χ3v) is 12.9. The van der Waals surface area contributed by atoms with E-state index in [9.17, 15) is 4.79 Å². The van der Waals surface area contributed by atoms with Crippen LogP contribution in [-0.4, -0.2) is 19.7 Å². The molecular weight excluding hydrogens is 436 g/mol. The molecule has 4 heteroatoms. The molecule has 0 unspecified atom stereocenters. The molecule has 1 aromatic carbocycles. The fraction of sp³-hybridized carbons (Fsp3) is 0.700. The van der Waals surface area contributed by atoms with Crippen molar-refractivity contribution >= 4 is 14.1 Å². The Morgan fingerprint density at radius 1 is 1.18 bits per heavy atom. The van der Waals surface area contributed by atoms with E-state index in [2.05, 4.69) is 92.8 Å². The van der Waals surface area contributed by atoms with Crippen molar-refractivity contribution in [3.8, 4) is 11.5 Å². The number of fused-ring (bicyclic) bond motifs is 3. The second kappa shape index (κ2) is 9.48. The Hall–Kier alpha value is -1.55. The summed E-state index contributed by atoms with van der Waals surface area (Å²) < 4.78 is 13.8. The maximum absolute atomic E-state index is 12.6. The topological polar surface area (TPSA) is 35.5 Å². The summed E-state index contributed by atoms with van der Waals surface area (Å²) in [6.45, 7) is 22.6. The first-order valence-corrected chi connectivity index (χ1v) is 16.3. The van der Waals surface area contributed by atoms with Gasteiger partial charge in [-0.15, -0.1) is 0 Å². The van der Waals surface area contributed by atoms with Crippen molar-refractivity contribution in [1.29, 1.82) is 0 Å². The molecule has 0 amide bonds. The summed E-state index contributed by atoms with van der Waals surface area (Å²) >= 11 is 0. The number of carbonyl (C=O) groups is 1. The first-order valence-electron chi connectivity index (χ1n) is 13.3. The number of ether oxygens (including phenoxy) is 1. The quantitative estimate of drug-likeness (QED) is 0.220. The fourth-order valence-corrected chi connectivity index (χ4v) is 6.26. The summed E-state index contributed by atoms with van der Waals surface area (Å²) in [6, 6.07) is 4.50. The molecule has 1 saturated carbocycles. The predicted octanol–water partition coefficient (Wildman–Crippen LogP) is 8.72. The molecule has 190 valence electrons. The Labute approximate surface area is 209 Å². The van der Waals surface area contributed by atoms with Gasteiger partial charge in [-0.1, -0.05) is 66.5 Å². The molecule has 0 spiro atoms. The molecule has 0 N–H and O–H groups in total. The van der Waals surface area contributed by atoms with E-state index in [1.54, 1.807) is 0 Å². The molecule has 0 saturated heterocycles. The summed E-state index contributed by atoms with van der Waals surface area (Å²) in [5.41, 5.74) is 1.91. The highest BCUT2D eigenvalue weighted by Gasteiger charge is 2.49. The minimum absolute atomic E-state index is 0.0854. The van der Waals surface area contributed by atoms with Crippen LogP contribution in [-0.2, 0) is 10.2 Å². The van der Waals surface area contributed by atoms with Crippen LogP contribution >= 0.6 is 0 Å². The van der Waals surface area contributed by atoms with Crippen LogP contribution < -0.4 is 9.16 Å². The zero-order valence-corrected chi connectivity index (χ0v) is 24.4. The third-order valence-electron chi connectivity index (χ3n) is 8.58. The van der Waals surface area contributed by atoms with E-state index in [1.807, 2.05) is 0 Å². The lowest BCUT2D eigenvalue weighted by molar-refractivity contribution is -0.124. The highest BCUT2D eigenvalue weighted by atomic mass is 28.4. The predicted molar refractivity (Wildman–Crippen MR) is 146 cm³/mol. The molecule has 0 bridgehead atoms. The van der Waals surface area contributed by atoms with E-state index in [4.69, 9.17) is 9.16 Å². The number of hydrogen-bond acceptors (Lipinski definition) is 3. The molecule has 0 radical (unpaired) electrons. The summed E-state index contributed by atoms with van der Waals surface area (Å²) in [4.78, 5) is 12.6. The number of carbonyl (C=O) groups excluding carboxylic acids is 1. The highest BCUT2D eigenvalue weighted by Crippen LogP contribution is 2.55. The molecule has 0 aromatic heterocycles. The van der Waals surface area contributed by atoms with E-state index in [-0.39, 0.29) is 22.0 Å². The Kier molecular flexibility index (Phi) is 7.54. The van der Waals surface area contributed by atoms with Gasteiger partial charge in [0.25, 0.3) is 0 Å². The van der Waals surface area contributed by atoms with Crippen molar-refractivity contribution in [1.82, 2.24) is 0 Å². The number of rotatable bonds is 7. The van der Waals surface area contributed by atoms with Crippen LogP contribution in [0.5, 0.6) is 11.5 Å². The Morgan fingerprint density at radius 2 is 1.85 bits per heavy atom. The van der Waals surface area contributed by atoms with Gasteiger partial charge in [-0.3, -0.25) is 4.79 Å². The average Bonchev–Trinajstić information content (AvgIpc) is 2.69. The smallest absolute Gasteiger partial charge is 0.250 e. The fourth-order valence-electron chi connectivity index (χ4n) is 5.23. The Bertz CT molecular complexity index is 933. The van der Waals surface area contributed by atoms with Gasteiger partial charge in [0, 0.05) is 35.7 Å². The Morgan fingerprint density at radius 3 is 2.47 bits per heavy atom. The van der Waals surface area contributed by atoms with E-state index in [1.165, 1.54) is 18.4 Å². The normalized spacial score (nSPS) is 22.8. The monoisotopic (exact) mass is 484 g/mol. The van der Waals surface area contributed by atoms with E-state index < -0.39 is 8.32 Å². The van der Waals surface area contributed by atoms with Crippen molar-refractivity contribution in [3.63, 3.8) is 0 Å². The zero-order chi connectivity index (χ0) is 25.5. The zero-order valence-electron chi connectivity index (χ0n) is 23.4. The summed E-state index contributed by atoms with van der Waals surface area (Å²) in [6.07, 6.45) is 10.3. The number of allylic oxidation sites excluding steroid dienone is 2. The summed E-state index contributed by atoms with van der Waals surface area (Å²) in [7, 11) is -2.09. The standard InChI is InChI=1S/C30H48O3Si/c1-11-12-13-14-17-29(5,6)21-18-25-27(26(19-21)33-34(9,10)28(2,3)4)23-20-22(31)15-16-24(23)30(7,8)32-25/h14,17-19,23-24H,11-13,15-16,20H2,1-10H3/t23-,24-/m1/s1. The minimum Gasteiger partial charge on any atom is -0.543 e. The molecule has 34 heavy (non-hydrogen) atoms. The third kappa shape index (κ3) is 5.47. The van der Waals surface area contributed by atoms with Crippen LogP contribution in [0.2, 0.25) is 18.1 Å². The highest BCUT2D eigenvalue weighted by molar-refractivity contribution is 6.74. The molecule has 1 aliphatic heterocycles. The lowest BCUT2D eigenvalue weighted by Crippen LogP contribution is -2.48. The molecule has 1 aliphatic carbocycles. The SMILES string of the molecule is CCCCC=CC(C)(C)c1cc2c(c(O[Si](C)(C)C(C)(C)C)c1)[C@@H]1CC(=O)CC[C@H]1C(C)(C)O2. The van der Waals surface area contributed by atoms with Crippen molar-refractivity contribution in [3.05, 3.63) is 35.4 Å². The van der Waals surface area contributed by atoms with Gasteiger partial charge in [0.05, 0.1) is 0 Å². The number of hydrogen-bond donors (Lipinski definition) is 0. The van der Waals surface area contributed by atoms with Gasteiger partial charge in [0.15, 0.2) is 0 Å². The molecule has 1 fully saturated rings. The molecule has 3 nitrogen and oxygen atoms in total. The molecule has 1 heterocycles. The molecule has 1 aromatic rings. The second-order valence-electron chi connectivity index (χ2n) is 13.2. The maximum atomic E-state index is 12.6. The number of Topliss-reactive ketones (excluding diaryl/α,β-unsaturated/α-hetero) is 1. The molecule has 2 atom stereocenters. The largest absolute Gasteiger partial charge is 0.543 e. The van der Waals surface area contributed by atoms with Crippen LogP contribution in [0.25, 0.3) is 0 Å². The van der Waals surface area contributed by atoms with Gasteiger partial charge in [-0.2, -0.15) is 0 Å². The molecule has 3 rings (SSSR count). The van der Waals surface area contributed by atoms with Gasteiger partial charge < -0.3 is 9.16 Å². The molecular formula is C30H48O3Si. The van der Waals surface area contributed by atoms with Gasteiger partial charge in [0.2, 0.25) is 8.32 Å². The molecule has 2 aliphatic rings. The minimum atomic E-state index is -2.09. The Balaban J connectivity index is 2.16. The second-order valence-corrected chi connectivity index (χ2v) is 17.9. The average molecular weight is 485 g/mol. The van der Waals surface area contributed by atoms with Gasteiger partial charge >= 0.3 is 0 Å². The number of ketones is 1. The lowest BCUT2D eigenvalue weighted by atomic mass is 9.66. The van der Waals surface area contributed by atoms with Crippen LogP contribution in [0, 0.1) is 5.92 Å². The summed E-state index contributed by atoms with van der Waals surface area (Å²) in [5, 5.41) is 0.0854. The van der Waals surface area contributed by atoms with Crippen molar-refractivity contribution in [2.45, 2.75) is 129 Å². The first-order chi connectivity index (χ1) is 15.6. The van der Waals surface area contributed by atoms with Crippen LogP contribution in [0.15, 0.2) is 24.3 Å². The lowest BCUT2D eigenvalue weighted by Gasteiger charge is -2.48.